The molecule has 1 aromatic heterocycles. The number of nitrogens with zero attached hydrogens (tertiary/aromatic N) is 3. The fraction of sp³-hybridized carbons (Fsp3) is 0.409. The lowest BCUT2D eigenvalue weighted by molar-refractivity contribution is -0.131. The number of ether oxygens (including phenoxy) is 1. The van der Waals surface area contributed by atoms with Gasteiger partial charge in [0.2, 0.25) is 5.91 Å². The smallest absolute Gasteiger partial charge is 0.266 e. The Kier molecular flexibility index (Phi) is 6.23. The highest BCUT2D eigenvalue weighted by Crippen LogP contribution is 2.28. The number of anilines is 1. The SMILES string of the molecule is COc1ccccc1N1CCN(C(=O)CCc2c(C)[nH]c(=O)c(C#N)c2C)CC1. The van der Waals surface area contributed by atoms with Gasteiger partial charge in [-0.1, -0.05) is 12.1 Å². The van der Waals surface area contributed by atoms with Gasteiger partial charge in [0, 0.05) is 38.3 Å². The number of rotatable bonds is 5. The lowest BCUT2D eigenvalue weighted by atomic mass is 9.99. The molecule has 152 valence electrons. The lowest BCUT2D eigenvalue weighted by Crippen LogP contribution is -2.49. The number of benzene rings is 1. The normalized spacial score (nSPS) is 13.9. The topological polar surface area (TPSA) is 89.4 Å². The van der Waals surface area contributed by atoms with Gasteiger partial charge < -0.3 is 19.5 Å². The molecule has 7 heteroatoms. The minimum absolute atomic E-state index is 0.0909. The molecular formula is C22H26N4O3. The van der Waals surface area contributed by atoms with Crippen LogP contribution in [0.4, 0.5) is 5.69 Å². The highest BCUT2D eigenvalue weighted by Gasteiger charge is 2.23. The van der Waals surface area contributed by atoms with Gasteiger partial charge in [-0.2, -0.15) is 5.26 Å². The van der Waals surface area contributed by atoms with Crippen LogP contribution in [0, 0.1) is 25.2 Å². The molecule has 1 N–H and O–H groups in total. The number of carbonyl (C=O) groups is 1. The van der Waals surface area contributed by atoms with E-state index in [1.165, 1.54) is 0 Å². The van der Waals surface area contributed by atoms with Crippen molar-refractivity contribution in [1.82, 2.24) is 9.88 Å². The van der Waals surface area contributed by atoms with Gasteiger partial charge in [-0.05, 0) is 43.5 Å². The number of pyridine rings is 1. The van der Waals surface area contributed by atoms with E-state index in [1.807, 2.05) is 35.2 Å². The number of amides is 1. The largest absolute Gasteiger partial charge is 0.495 e. The third-order valence-corrected chi connectivity index (χ3v) is 5.57. The van der Waals surface area contributed by atoms with Crippen LogP contribution in [0.15, 0.2) is 29.1 Å². The molecule has 2 aromatic rings. The van der Waals surface area contributed by atoms with E-state index >= 15 is 0 Å². The third-order valence-electron chi connectivity index (χ3n) is 5.57. The molecule has 0 atom stereocenters. The quantitative estimate of drug-likeness (QED) is 0.839. The summed E-state index contributed by atoms with van der Waals surface area (Å²) in [6.45, 7) is 6.39. The average molecular weight is 394 g/mol. The van der Waals surface area contributed by atoms with Crippen molar-refractivity contribution < 1.29 is 9.53 Å². The summed E-state index contributed by atoms with van der Waals surface area (Å²) >= 11 is 0. The number of aromatic nitrogens is 1. The van der Waals surface area contributed by atoms with E-state index in [-0.39, 0.29) is 17.0 Å². The van der Waals surface area contributed by atoms with Gasteiger partial charge in [-0.3, -0.25) is 9.59 Å². The summed E-state index contributed by atoms with van der Waals surface area (Å²) in [5.74, 6) is 0.928. The summed E-state index contributed by atoms with van der Waals surface area (Å²) in [5.41, 5.74) is 3.07. The van der Waals surface area contributed by atoms with E-state index in [4.69, 9.17) is 4.74 Å². The van der Waals surface area contributed by atoms with Gasteiger partial charge >= 0.3 is 0 Å². The van der Waals surface area contributed by atoms with Crippen molar-refractivity contribution in [3.05, 3.63) is 57.0 Å². The van der Waals surface area contributed by atoms with Gasteiger partial charge in [0.15, 0.2) is 0 Å². The number of nitrogens with one attached hydrogen (secondary N) is 1. The third kappa shape index (κ3) is 4.27. The predicted molar refractivity (Wildman–Crippen MR) is 111 cm³/mol. The van der Waals surface area contributed by atoms with Gasteiger partial charge in [-0.25, -0.2) is 0 Å². The van der Waals surface area contributed by atoms with Crippen LogP contribution < -0.4 is 15.2 Å². The number of piperazine rings is 1. The molecule has 2 heterocycles. The Morgan fingerprint density at radius 1 is 1.21 bits per heavy atom. The average Bonchev–Trinajstić information content (AvgIpc) is 2.73. The molecule has 0 radical (unpaired) electrons. The minimum Gasteiger partial charge on any atom is -0.495 e. The lowest BCUT2D eigenvalue weighted by Gasteiger charge is -2.36. The number of para-hydroxylation sites is 2. The molecule has 3 rings (SSSR count). The number of hydrogen-bond donors (Lipinski definition) is 1. The van der Waals surface area contributed by atoms with Crippen LogP contribution in [0.3, 0.4) is 0 Å². The van der Waals surface area contributed by atoms with E-state index < -0.39 is 0 Å². The predicted octanol–water partition coefficient (Wildman–Crippen LogP) is 2.15. The van der Waals surface area contributed by atoms with Crippen molar-refractivity contribution in [2.24, 2.45) is 0 Å². The summed E-state index contributed by atoms with van der Waals surface area (Å²) in [6.07, 6.45) is 0.863. The van der Waals surface area contributed by atoms with Crippen molar-refractivity contribution in [3.63, 3.8) is 0 Å². The van der Waals surface area contributed by atoms with E-state index in [1.54, 1.807) is 21.0 Å². The summed E-state index contributed by atoms with van der Waals surface area (Å²) in [7, 11) is 1.66. The zero-order valence-corrected chi connectivity index (χ0v) is 17.1. The Hall–Kier alpha value is -3.27. The highest BCUT2D eigenvalue weighted by molar-refractivity contribution is 5.77. The van der Waals surface area contributed by atoms with E-state index in [0.29, 0.717) is 31.5 Å². The number of H-pyrrole nitrogens is 1. The van der Waals surface area contributed by atoms with Crippen molar-refractivity contribution in [2.75, 3.05) is 38.2 Å². The first kappa shape index (κ1) is 20.5. The molecule has 29 heavy (non-hydrogen) atoms. The highest BCUT2D eigenvalue weighted by atomic mass is 16.5. The van der Waals surface area contributed by atoms with Crippen LogP contribution in [0.2, 0.25) is 0 Å². The Morgan fingerprint density at radius 2 is 1.90 bits per heavy atom. The standard InChI is InChI=1S/C22H26N4O3/c1-15-17(16(2)24-22(28)18(15)14-23)8-9-21(27)26-12-10-25(11-13-26)19-6-4-5-7-20(19)29-3/h4-7H,8-13H2,1-3H3,(H,24,28). The second kappa shape index (κ2) is 8.82. The first-order valence-electron chi connectivity index (χ1n) is 9.74. The van der Waals surface area contributed by atoms with Crippen LogP contribution >= 0.6 is 0 Å². The zero-order valence-electron chi connectivity index (χ0n) is 17.1. The van der Waals surface area contributed by atoms with Crippen molar-refractivity contribution >= 4 is 11.6 Å². The summed E-state index contributed by atoms with van der Waals surface area (Å²) in [4.78, 5) is 31.4. The van der Waals surface area contributed by atoms with Crippen LogP contribution in [0.1, 0.15) is 28.8 Å². The van der Waals surface area contributed by atoms with Gasteiger partial charge in [0.05, 0.1) is 12.8 Å². The molecule has 0 spiro atoms. The molecule has 0 saturated carbocycles. The number of carbonyl (C=O) groups excluding carboxylic acids is 1. The molecule has 1 aliphatic rings. The maximum atomic E-state index is 12.7. The Balaban J connectivity index is 1.61. The van der Waals surface area contributed by atoms with E-state index in [2.05, 4.69) is 9.88 Å². The van der Waals surface area contributed by atoms with Crippen molar-refractivity contribution in [1.29, 1.82) is 5.26 Å². The number of nitriles is 1. The summed E-state index contributed by atoms with van der Waals surface area (Å²) < 4.78 is 5.44. The molecular weight excluding hydrogens is 368 g/mol. The first-order valence-corrected chi connectivity index (χ1v) is 9.74. The fourth-order valence-electron chi connectivity index (χ4n) is 3.90. The molecule has 1 aromatic carbocycles. The van der Waals surface area contributed by atoms with E-state index in [0.717, 1.165) is 35.8 Å². The minimum atomic E-state index is -0.370. The molecule has 1 amide bonds. The van der Waals surface area contributed by atoms with Crippen LogP contribution in [-0.4, -0.2) is 49.1 Å². The number of methoxy groups -OCH3 is 1. The molecule has 1 fully saturated rings. The second-order valence-electron chi connectivity index (χ2n) is 7.21. The number of aromatic amines is 1. The second-order valence-corrected chi connectivity index (χ2v) is 7.21. The molecule has 0 bridgehead atoms. The maximum absolute atomic E-state index is 12.7. The van der Waals surface area contributed by atoms with Crippen molar-refractivity contribution in [3.8, 4) is 11.8 Å². The van der Waals surface area contributed by atoms with Gasteiger partial charge in [-0.15, -0.1) is 0 Å². The number of aryl methyl sites for hydroxylation is 1. The molecule has 0 unspecified atom stereocenters. The first-order chi connectivity index (χ1) is 14.0. The number of hydrogen-bond acceptors (Lipinski definition) is 5. The molecule has 1 saturated heterocycles. The van der Waals surface area contributed by atoms with Crippen LogP contribution in [-0.2, 0) is 11.2 Å². The van der Waals surface area contributed by atoms with Crippen LogP contribution in [0.25, 0.3) is 0 Å². The molecule has 0 aliphatic carbocycles. The van der Waals surface area contributed by atoms with Gasteiger partial charge in [0.1, 0.15) is 17.4 Å². The van der Waals surface area contributed by atoms with Gasteiger partial charge in [0.25, 0.3) is 5.56 Å². The molecule has 7 nitrogen and oxygen atoms in total. The Bertz CT molecular complexity index is 998. The summed E-state index contributed by atoms with van der Waals surface area (Å²) in [5, 5.41) is 9.19. The Morgan fingerprint density at radius 3 is 2.55 bits per heavy atom. The van der Waals surface area contributed by atoms with Crippen LogP contribution in [0.5, 0.6) is 5.75 Å². The monoisotopic (exact) mass is 394 g/mol. The zero-order chi connectivity index (χ0) is 21.0. The molecule has 1 aliphatic heterocycles. The van der Waals surface area contributed by atoms with E-state index in [9.17, 15) is 14.9 Å². The summed E-state index contributed by atoms with van der Waals surface area (Å²) in [6, 6.07) is 9.86. The fourth-order valence-corrected chi connectivity index (χ4v) is 3.90. The van der Waals surface area contributed by atoms with Crippen molar-refractivity contribution in [2.45, 2.75) is 26.7 Å². The maximum Gasteiger partial charge on any atom is 0.266 e. The Labute approximate surface area is 170 Å².